The third-order valence-corrected chi connectivity index (χ3v) is 2.40. The zero-order valence-corrected chi connectivity index (χ0v) is 11.2. The third-order valence-electron chi connectivity index (χ3n) is 2.40. The minimum Gasteiger partial charge on any atom is -0.481 e. The summed E-state index contributed by atoms with van der Waals surface area (Å²) < 4.78 is 10.4. The lowest BCUT2D eigenvalue weighted by Crippen LogP contribution is -2.37. The zero-order valence-electron chi connectivity index (χ0n) is 9.59. The Bertz CT molecular complexity index is 346. The van der Waals surface area contributed by atoms with E-state index in [1.807, 2.05) is 6.07 Å². The highest BCUT2D eigenvalue weighted by Crippen LogP contribution is 2.24. The summed E-state index contributed by atoms with van der Waals surface area (Å²) >= 11 is 0. The van der Waals surface area contributed by atoms with E-state index in [2.05, 4.69) is 9.88 Å². The van der Waals surface area contributed by atoms with Gasteiger partial charge in [-0.3, -0.25) is 0 Å². The van der Waals surface area contributed by atoms with Gasteiger partial charge in [0.1, 0.15) is 0 Å². The summed E-state index contributed by atoms with van der Waals surface area (Å²) in [5.74, 6) is 1.38. The molecule has 0 spiro atoms. The number of nitrogen functional groups attached to an aromatic ring is 1. The zero-order chi connectivity index (χ0) is 10.7. The number of aromatic nitrogens is 1. The number of hydrogen-bond acceptors (Lipinski definition) is 5. The molecule has 0 aliphatic carbocycles. The van der Waals surface area contributed by atoms with Crippen molar-refractivity contribution in [3.8, 4) is 5.88 Å². The Hall–Kier alpha value is -0.910. The first-order chi connectivity index (χ1) is 7.31. The van der Waals surface area contributed by atoms with E-state index in [1.165, 1.54) is 0 Å². The Morgan fingerprint density at radius 3 is 2.53 bits per heavy atom. The Morgan fingerprint density at radius 1 is 1.29 bits per heavy atom. The number of morpholine rings is 1. The monoisotopic (exact) mass is 281 g/mol. The van der Waals surface area contributed by atoms with Gasteiger partial charge >= 0.3 is 0 Å². The van der Waals surface area contributed by atoms with E-state index < -0.39 is 0 Å². The van der Waals surface area contributed by atoms with Crippen LogP contribution in [-0.2, 0) is 4.74 Å². The van der Waals surface area contributed by atoms with Gasteiger partial charge in [0.05, 0.1) is 26.0 Å². The van der Waals surface area contributed by atoms with E-state index in [9.17, 15) is 0 Å². The maximum atomic E-state index is 5.87. The van der Waals surface area contributed by atoms with Gasteiger partial charge in [-0.25, -0.2) is 0 Å². The van der Waals surface area contributed by atoms with Crippen molar-refractivity contribution in [2.24, 2.45) is 0 Å². The lowest BCUT2D eigenvalue weighted by molar-refractivity contribution is 0.122. The fourth-order valence-electron chi connectivity index (χ4n) is 1.58. The van der Waals surface area contributed by atoms with Gasteiger partial charge in [-0.2, -0.15) is 4.98 Å². The average molecular weight is 282 g/mol. The van der Waals surface area contributed by atoms with Gasteiger partial charge in [-0.05, 0) is 6.07 Å². The number of halogens is 2. The quantitative estimate of drug-likeness (QED) is 0.887. The molecule has 5 nitrogen and oxygen atoms in total. The number of rotatable bonds is 2. The number of anilines is 2. The van der Waals surface area contributed by atoms with Crippen LogP contribution in [0.1, 0.15) is 0 Å². The molecule has 1 saturated heterocycles. The standard InChI is InChI=1S/C10H15N3O2.2ClH/c1-14-9-3-2-8(11)10(12-9)13-4-6-15-7-5-13;;/h2-3H,4-7,11H2,1H3;2*1H. The van der Waals surface area contributed by atoms with Crippen LogP contribution in [0.5, 0.6) is 5.88 Å². The molecule has 0 bridgehead atoms. The normalized spacial score (nSPS) is 14.5. The van der Waals surface area contributed by atoms with Gasteiger partial charge in [0.15, 0.2) is 5.82 Å². The van der Waals surface area contributed by atoms with Crippen LogP contribution in [0.15, 0.2) is 12.1 Å². The van der Waals surface area contributed by atoms with Crippen LogP contribution in [0.2, 0.25) is 0 Å². The minimum atomic E-state index is 0. The Labute approximate surface area is 113 Å². The van der Waals surface area contributed by atoms with E-state index in [-0.39, 0.29) is 24.8 Å². The summed E-state index contributed by atoms with van der Waals surface area (Å²) in [4.78, 5) is 6.45. The van der Waals surface area contributed by atoms with Gasteiger partial charge in [0, 0.05) is 19.2 Å². The molecule has 0 aromatic carbocycles. The summed E-state index contributed by atoms with van der Waals surface area (Å²) in [5.41, 5.74) is 6.55. The molecule has 1 aromatic rings. The Balaban J connectivity index is 0.00000128. The maximum absolute atomic E-state index is 5.87. The Kier molecular flexibility index (Phi) is 7.03. The van der Waals surface area contributed by atoms with Crippen LogP contribution in [0.4, 0.5) is 11.5 Å². The smallest absolute Gasteiger partial charge is 0.215 e. The molecule has 17 heavy (non-hydrogen) atoms. The van der Waals surface area contributed by atoms with Crippen molar-refractivity contribution in [2.75, 3.05) is 44.0 Å². The second kappa shape index (κ2) is 7.42. The summed E-state index contributed by atoms with van der Waals surface area (Å²) in [6.07, 6.45) is 0. The van der Waals surface area contributed by atoms with Crippen molar-refractivity contribution >= 4 is 36.3 Å². The molecule has 2 rings (SSSR count). The molecule has 1 fully saturated rings. The second-order valence-corrected chi connectivity index (χ2v) is 3.37. The number of methoxy groups -OCH3 is 1. The van der Waals surface area contributed by atoms with Crippen LogP contribution in [0.25, 0.3) is 0 Å². The number of pyridine rings is 1. The molecule has 1 aliphatic heterocycles. The van der Waals surface area contributed by atoms with Gasteiger partial charge in [-0.1, -0.05) is 0 Å². The van der Waals surface area contributed by atoms with Crippen LogP contribution in [0.3, 0.4) is 0 Å². The molecule has 2 N–H and O–H groups in total. The van der Waals surface area contributed by atoms with Crippen molar-refractivity contribution in [2.45, 2.75) is 0 Å². The fraction of sp³-hybridized carbons (Fsp3) is 0.500. The summed E-state index contributed by atoms with van der Waals surface area (Å²) in [6.45, 7) is 3.09. The van der Waals surface area contributed by atoms with Gasteiger partial charge in [0.25, 0.3) is 0 Å². The Morgan fingerprint density at radius 2 is 1.94 bits per heavy atom. The minimum absolute atomic E-state index is 0. The van der Waals surface area contributed by atoms with Crippen molar-refractivity contribution in [3.05, 3.63) is 12.1 Å². The highest BCUT2D eigenvalue weighted by molar-refractivity contribution is 5.85. The SMILES string of the molecule is COc1ccc(N)c(N2CCOCC2)n1.Cl.Cl. The predicted octanol–water partition coefficient (Wildman–Crippen LogP) is 1.35. The van der Waals surface area contributed by atoms with Gasteiger partial charge in [-0.15, -0.1) is 24.8 Å². The van der Waals surface area contributed by atoms with E-state index in [0.29, 0.717) is 11.6 Å². The van der Waals surface area contributed by atoms with Crippen LogP contribution in [0, 0.1) is 0 Å². The van der Waals surface area contributed by atoms with Gasteiger partial charge in [0.2, 0.25) is 5.88 Å². The number of nitrogens with zero attached hydrogens (tertiary/aromatic N) is 2. The maximum Gasteiger partial charge on any atom is 0.215 e. The average Bonchev–Trinajstić information content (AvgIpc) is 2.31. The fourth-order valence-corrected chi connectivity index (χ4v) is 1.58. The lowest BCUT2D eigenvalue weighted by Gasteiger charge is -2.28. The summed E-state index contributed by atoms with van der Waals surface area (Å²) in [5, 5.41) is 0. The molecule has 98 valence electrons. The second-order valence-electron chi connectivity index (χ2n) is 3.37. The van der Waals surface area contributed by atoms with Crippen LogP contribution in [-0.4, -0.2) is 38.4 Å². The van der Waals surface area contributed by atoms with Crippen molar-refractivity contribution in [3.63, 3.8) is 0 Å². The van der Waals surface area contributed by atoms with Crippen LogP contribution >= 0.6 is 24.8 Å². The van der Waals surface area contributed by atoms with E-state index in [0.717, 1.165) is 32.1 Å². The molecule has 1 aliphatic rings. The molecule has 0 radical (unpaired) electrons. The van der Waals surface area contributed by atoms with Crippen LogP contribution < -0.4 is 15.4 Å². The number of ether oxygens (including phenoxy) is 2. The molecule has 1 aromatic heterocycles. The van der Waals surface area contributed by atoms with Crippen molar-refractivity contribution < 1.29 is 9.47 Å². The molecular weight excluding hydrogens is 265 g/mol. The summed E-state index contributed by atoms with van der Waals surface area (Å²) in [6, 6.07) is 3.58. The number of hydrogen-bond donors (Lipinski definition) is 1. The molecule has 2 heterocycles. The first-order valence-electron chi connectivity index (χ1n) is 4.94. The van der Waals surface area contributed by atoms with E-state index >= 15 is 0 Å². The topological polar surface area (TPSA) is 60.6 Å². The molecule has 0 amide bonds. The first kappa shape index (κ1) is 16.1. The van der Waals surface area contributed by atoms with Crippen molar-refractivity contribution in [1.82, 2.24) is 4.98 Å². The van der Waals surface area contributed by atoms with Gasteiger partial charge < -0.3 is 20.1 Å². The first-order valence-corrected chi connectivity index (χ1v) is 4.94. The number of nitrogens with two attached hydrogens (primary N) is 1. The van der Waals surface area contributed by atoms with E-state index in [1.54, 1.807) is 13.2 Å². The highest BCUT2D eigenvalue weighted by atomic mass is 35.5. The lowest BCUT2D eigenvalue weighted by atomic mass is 10.3. The predicted molar refractivity (Wildman–Crippen MR) is 72.7 cm³/mol. The molecular formula is C10H17Cl2N3O2. The van der Waals surface area contributed by atoms with E-state index in [4.69, 9.17) is 15.2 Å². The largest absolute Gasteiger partial charge is 0.481 e. The van der Waals surface area contributed by atoms with Crippen molar-refractivity contribution in [1.29, 1.82) is 0 Å². The molecule has 0 unspecified atom stereocenters. The third kappa shape index (κ3) is 3.80. The molecule has 0 atom stereocenters. The summed E-state index contributed by atoms with van der Waals surface area (Å²) in [7, 11) is 1.60. The molecule has 0 saturated carbocycles. The molecule has 7 heteroatoms. The highest BCUT2D eigenvalue weighted by Gasteiger charge is 2.15.